The number of rotatable bonds is 5. The van der Waals surface area contributed by atoms with Crippen molar-refractivity contribution in [3.05, 3.63) is 64.3 Å². The molecule has 1 unspecified atom stereocenters. The summed E-state index contributed by atoms with van der Waals surface area (Å²) in [5.41, 5.74) is 4.10. The average Bonchev–Trinajstić information content (AvgIpc) is 3.28. The molecule has 2 fully saturated rings. The lowest BCUT2D eigenvalue weighted by molar-refractivity contribution is 0.119. The minimum atomic E-state index is -0.184. The Hall–Kier alpha value is -2.70. The quantitative estimate of drug-likeness (QED) is 0.466. The second kappa shape index (κ2) is 10.5. The molecule has 2 atom stereocenters. The van der Waals surface area contributed by atoms with Crippen molar-refractivity contribution in [3.63, 3.8) is 0 Å². The Morgan fingerprint density at radius 3 is 2.57 bits per heavy atom. The largest absolute Gasteiger partial charge is 0.334 e. The molecule has 2 aliphatic rings. The molecule has 5 rings (SSSR count). The minimum Gasteiger partial charge on any atom is -0.334 e. The first-order chi connectivity index (χ1) is 16.9. The molecule has 0 bridgehead atoms. The lowest BCUT2D eigenvalue weighted by atomic mass is 9.89. The van der Waals surface area contributed by atoms with Gasteiger partial charge in [0.05, 0.1) is 0 Å². The van der Waals surface area contributed by atoms with E-state index in [9.17, 15) is 4.79 Å². The maximum atomic E-state index is 12.8. The van der Waals surface area contributed by atoms with E-state index in [1.165, 1.54) is 18.4 Å². The van der Waals surface area contributed by atoms with Crippen LogP contribution in [0.2, 0.25) is 5.02 Å². The number of pyridine rings is 2. The highest BCUT2D eigenvalue weighted by atomic mass is 35.5. The van der Waals surface area contributed by atoms with Crippen LogP contribution in [0.1, 0.15) is 48.9 Å². The Balaban J connectivity index is 1.15. The maximum absolute atomic E-state index is 12.8. The summed E-state index contributed by atoms with van der Waals surface area (Å²) in [6.45, 7) is 6.21. The van der Waals surface area contributed by atoms with Gasteiger partial charge in [-0.3, -0.25) is 10.2 Å². The van der Waals surface area contributed by atoms with E-state index >= 15 is 0 Å². The molecule has 7 heteroatoms. The van der Waals surface area contributed by atoms with Crippen molar-refractivity contribution in [3.8, 4) is 0 Å². The SMILES string of the molecule is Cc1cc(C)c2ccc(NC(=O)NC3CCC[C@@H]3N3CCC(Cc4ccc(Cl)cc4)CC3)nc2n1. The second-order valence-electron chi connectivity index (χ2n) is 10.2. The van der Waals surface area contributed by atoms with E-state index in [4.69, 9.17) is 11.6 Å². The number of nitrogens with zero attached hydrogens (tertiary/aromatic N) is 3. The molecule has 1 aromatic carbocycles. The van der Waals surface area contributed by atoms with Crippen LogP contribution in [-0.2, 0) is 6.42 Å². The van der Waals surface area contributed by atoms with Gasteiger partial charge in [0, 0.05) is 28.2 Å². The molecule has 1 aliphatic heterocycles. The number of fused-ring (bicyclic) bond motifs is 1. The van der Waals surface area contributed by atoms with Gasteiger partial charge in [-0.2, -0.15) is 0 Å². The van der Waals surface area contributed by atoms with Gasteiger partial charge in [-0.05, 0) is 113 Å². The highest BCUT2D eigenvalue weighted by Gasteiger charge is 2.35. The average molecular weight is 492 g/mol. The maximum Gasteiger partial charge on any atom is 0.320 e. The van der Waals surface area contributed by atoms with Crippen LogP contribution >= 0.6 is 11.6 Å². The zero-order valence-corrected chi connectivity index (χ0v) is 21.3. The van der Waals surface area contributed by atoms with Crippen LogP contribution in [0.25, 0.3) is 11.0 Å². The summed E-state index contributed by atoms with van der Waals surface area (Å²) in [6.07, 6.45) is 6.83. The molecule has 2 aromatic heterocycles. The van der Waals surface area contributed by atoms with Crippen molar-refractivity contribution < 1.29 is 4.79 Å². The number of hydrogen-bond acceptors (Lipinski definition) is 4. The number of piperidine rings is 1. The summed E-state index contributed by atoms with van der Waals surface area (Å²) in [4.78, 5) is 24.5. The van der Waals surface area contributed by atoms with Gasteiger partial charge in [0.15, 0.2) is 5.65 Å². The number of carbonyl (C=O) groups is 1. The van der Waals surface area contributed by atoms with Crippen molar-refractivity contribution >= 4 is 34.5 Å². The number of urea groups is 1. The monoisotopic (exact) mass is 491 g/mol. The van der Waals surface area contributed by atoms with E-state index in [1.807, 2.05) is 37.3 Å². The molecule has 35 heavy (non-hydrogen) atoms. The first kappa shape index (κ1) is 24.0. The Morgan fingerprint density at radius 1 is 1.03 bits per heavy atom. The number of anilines is 1. The van der Waals surface area contributed by atoms with Gasteiger partial charge in [0.1, 0.15) is 5.82 Å². The Morgan fingerprint density at radius 2 is 1.80 bits per heavy atom. The molecule has 0 spiro atoms. The lowest BCUT2D eigenvalue weighted by Crippen LogP contribution is -2.52. The molecule has 184 valence electrons. The highest BCUT2D eigenvalue weighted by Crippen LogP contribution is 2.30. The predicted molar refractivity (Wildman–Crippen MR) is 142 cm³/mol. The van der Waals surface area contributed by atoms with E-state index in [1.54, 1.807) is 0 Å². The predicted octanol–water partition coefficient (Wildman–Crippen LogP) is 5.90. The first-order valence-electron chi connectivity index (χ1n) is 12.8. The number of aromatic nitrogens is 2. The molecule has 6 nitrogen and oxygen atoms in total. The third-order valence-corrected chi connectivity index (χ3v) is 7.85. The number of aryl methyl sites for hydroxylation is 2. The minimum absolute atomic E-state index is 0.172. The summed E-state index contributed by atoms with van der Waals surface area (Å²) in [5, 5.41) is 7.98. The summed E-state index contributed by atoms with van der Waals surface area (Å²) >= 11 is 6.03. The highest BCUT2D eigenvalue weighted by molar-refractivity contribution is 6.30. The van der Waals surface area contributed by atoms with E-state index < -0.39 is 0 Å². The molecule has 1 saturated heterocycles. The van der Waals surface area contributed by atoms with Crippen LogP contribution in [0.4, 0.5) is 10.6 Å². The van der Waals surface area contributed by atoms with Crippen molar-refractivity contribution in [1.82, 2.24) is 20.2 Å². The normalized spacial score (nSPS) is 21.3. The van der Waals surface area contributed by atoms with Crippen LogP contribution < -0.4 is 10.6 Å². The molecule has 3 heterocycles. The van der Waals surface area contributed by atoms with Gasteiger partial charge in [-0.15, -0.1) is 0 Å². The summed E-state index contributed by atoms with van der Waals surface area (Å²) < 4.78 is 0. The Labute approximate surface area is 212 Å². The van der Waals surface area contributed by atoms with Gasteiger partial charge in [0.25, 0.3) is 0 Å². The number of benzene rings is 1. The zero-order chi connectivity index (χ0) is 24.4. The van der Waals surface area contributed by atoms with Crippen LogP contribution in [0, 0.1) is 19.8 Å². The lowest BCUT2D eigenvalue weighted by Gasteiger charge is -2.38. The summed E-state index contributed by atoms with van der Waals surface area (Å²) in [5.74, 6) is 1.24. The van der Waals surface area contributed by atoms with Crippen molar-refractivity contribution in [2.24, 2.45) is 5.92 Å². The van der Waals surface area contributed by atoms with E-state index in [2.05, 4.69) is 44.6 Å². The molecule has 1 aliphatic carbocycles. The van der Waals surface area contributed by atoms with Crippen LogP contribution in [0.5, 0.6) is 0 Å². The molecule has 3 aromatic rings. The zero-order valence-electron chi connectivity index (χ0n) is 20.6. The standard InChI is InChI=1S/C28H34ClN5O/c1-18-16-19(2)30-27-23(18)10-11-26(32-27)33-28(35)31-24-4-3-5-25(24)34-14-12-21(13-15-34)17-20-6-8-22(29)9-7-20/h6-11,16,21,24-25H,3-5,12-15,17H2,1-2H3,(H2,30,31,32,33,35)/t24?,25-/m0/s1. The third kappa shape index (κ3) is 5.76. The summed E-state index contributed by atoms with van der Waals surface area (Å²) in [6, 6.07) is 14.5. The fraction of sp³-hybridized carbons (Fsp3) is 0.464. The van der Waals surface area contributed by atoms with E-state index in [0.717, 1.165) is 60.4 Å². The number of halogens is 1. The molecular weight excluding hydrogens is 458 g/mol. The van der Waals surface area contributed by atoms with Crippen LogP contribution in [0.15, 0.2) is 42.5 Å². The third-order valence-electron chi connectivity index (χ3n) is 7.60. The van der Waals surface area contributed by atoms with Gasteiger partial charge < -0.3 is 5.32 Å². The van der Waals surface area contributed by atoms with Gasteiger partial charge >= 0.3 is 6.03 Å². The smallest absolute Gasteiger partial charge is 0.320 e. The van der Waals surface area contributed by atoms with Gasteiger partial charge in [-0.25, -0.2) is 14.8 Å². The number of likely N-dealkylation sites (tertiary alicyclic amines) is 1. The Bertz CT molecular complexity index is 1190. The molecule has 0 radical (unpaired) electrons. The van der Waals surface area contributed by atoms with Crippen molar-refractivity contribution in [2.75, 3.05) is 18.4 Å². The Kier molecular flexibility index (Phi) is 7.21. The first-order valence-corrected chi connectivity index (χ1v) is 13.1. The topological polar surface area (TPSA) is 70.2 Å². The van der Waals surface area contributed by atoms with Gasteiger partial charge in [-0.1, -0.05) is 23.7 Å². The number of amides is 2. The van der Waals surface area contributed by atoms with Crippen LogP contribution in [0.3, 0.4) is 0 Å². The number of hydrogen-bond donors (Lipinski definition) is 2. The molecule has 2 N–H and O–H groups in total. The van der Waals surface area contributed by atoms with Crippen molar-refractivity contribution in [1.29, 1.82) is 0 Å². The fourth-order valence-electron chi connectivity index (χ4n) is 5.81. The second-order valence-corrected chi connectivity index (χ2v) is 10.6. The number of nitrogens with one attached hydrogen (secondary N) is 2. The fourth-order valence-corrected chi connectivity index (χ4v) is 5.94. The summed E-state index contributed by atoms with van der Waals surface area (Å²) in [7, 11) is 0. The van der Waals surface area contributed by atoms with Gasteiger partial charge in [0.2, 0.25) is 0 Å². The molecule has 2 amide bonds. The molecule has 1 saturated carbocycles. The van der Waals surface area contributed by atoms with E-state index in [0.29, 0.717) is 23.4 Å². The molecular formula is C28H34ClN5O. The number of carbonyl (C=O) groups excluding carboxylic acids is 1. The van der Waals surface area contributed by atoms with Crippen LogP contribution in [-0.4, -0.2) is 46.1 Å². The van der Waals surface area contributed by atoms with Crippen molar-refractivity contribution in [2.45, 2.75) is 64.5 Å². The van der Waals surface area contributed by atoms with E-state index in [-0.39, 0.29) is 12.1 Å².